The van der Waals surface area contributed by atoms with E-state index in [4.69, 9.17) is 15.2 Å². The smallest absolute Gasteiger partial charge is 0.250 e. The van der Waals surface area contributed by atoms with Crippen LogP contribution in [-0.2, 0) is 9.53 Å². The third kappa shape index (κ3) is 3.45. The average molecular weight is 252 g/mol. The van der Waals surface area contributed by atoms with Crippen molar-refractivity contribution >= 4 is 5.91 Å². The summed E-state index contributed by atoms with van der Waals surface area (Å²) in [5.41, 5.74) is 6.36. The number of carbonyl (C=O) groups excluding carboxylic acids is 1. The number of hydrogen-bond acceptors (Lipinski definition) is 4. The number of methoxy groups -OCH3 is 2. The summed E-state index contributed by atoms with van der Waals surface area (Å²) in [4.78, 5) is 11.8. The molecule has 1 amide bonds. The van der Waals surface area contributed by atoms with Crippen molar-refractivity contribution in [1.82, 2.24) is 5.32 Å². The molecule has 1 unspecified atom stereocenters. The number of hydrogen-bond donors (Lipinski definition) is 2. The van der Waals surface area contributed by atoms with Crippen molar-refractivity contribution in [2.75, 3.05) is 20.8 Å². The van der Waals surface area contributed by atoms with Crippen molar-refractivity contribution in [3.63, 3.8) is 0 Å². The second-order valence-corrected chi connectivity index (χ2v) is 3.93. The molecule has 0 bridgehead atoms. The van der Waals surface area contributed by atoms with E-state index >= 15 is 0 Å². The second-order valence-electron chi connectivity index (χ2n) is 3.93. The highest BCUT2D eigenvalue weighted by molar-refractivity contribution is 5.81. The topological polar surface area (TPSA) is 73.6 Å². The molecule has 5 nitrogen and oxygen atoms in total. The Hall–Kier alpha value is -1.59. The van der Waals surface area contributed by atoms with E-state index in [1.165, 1.54) is 7.11 Å². The van der Waals surface area contributed by atoms with Gasteiger partial charge in [-0.3, -0.25) is 4.79 Å². The van der Waals surface area contributed by atoms with Gasteiger partial charge >= 0.3 is 0 Å². The van der Waals surface area contributed by atoms with Crippen LogP contribution >= 0.6 is 0 Å². The molecule has 0 spiro atoms. The van der Waals surface area contributed by atoms with Gasteiger partial charge in [0.15, 0.2) is 0 Å². The zero-order valence-electron chi connectivity index (χ0n) is 11.0. The fourth-order valence-electron chi connectivity index (χ4n) is 1.72. The van der Waals surface area contributed by atoms with Crippen molar-refractivity contribution in [3.8, 4) is 5.75 Å². The van der Waals surface area contributed by atoms with Crippen molar-refractivity contribution in [3.05, 3.63) is 29.8 Å². The third-order valence-corrected chi connectivity index (χ3v) is 2.76. The summed E-state index contributed by atoms with van der Waals surface area (Å²) in [6.45, 7) is 2.04. The molecule has 5 heteroatoms. The average Bonchev–Trinajstić information content (AvgIpc) is 2.40. The van der Waals surface area contributed by atoms with Crippen molar-refractivity contribution in [1.29, 1.82) is 0 Å². The molecule has 0 fully saturated rings. The molecule has 1 aromatic rings. The molecule has 0 aliphatic carbocycles. The Kier molecular flexibility index (Phi) is 5.61. The molecule has 1 rings (SSSR count). The number of nitrogens with two attached hydrogens (primary N) is 1. The zero-order valence-corrected chi connectivity index (χ0v) is 11.0. The Morgan fingerprint density at radius 2 is 2.06 bits per heavy atom. The van der Waals surface area contributed by atoms with Gasteiger partial charge < -0.3 is 20.5 Å². The number of para-hydroxylation sites is 1. The van der Waals surface area contributed by atoms with Crippen LogP contribution < -0.4 is 15.8 Å². The van der Waals surface area contributed by atoms with Crippen LogP contribution in [-0.4, -0.2) is 32.8 Å². The number of benzene rings is 1. The first-order chi connectivity index (χ1) is 8.63. The molecule has 0 saturated carbocycles. The van der Waals surface area contributed by atoms with Crippen LogP contribution in [0.2, 0.25) is 0 Å². The lowest BCUT2D eigenvalue weighted by Crippen LogP contribution is -2.41. The van der Waals surface area contributed by atoms with Crippen LogP contribution in [0.25, 0.3) is 0 Å². The van der Waals surface area contributed by atoms with Gasteiger partial charge in [-0.25, -0.2) is 0 Å². The Labute approximate surface area is 107 Å². The Bertz CT molecular complexity index is 392. The summed E-state index contributed by atoms with van der Waals surface area (Å²) in [6.07, 6.45) is -0.623. The maximum atomic E-state index is 11.8. The molecular formula is C13H20N2O3. The molecule has 0 aromatic heterocycles. The molecule has 0 aliphatic heterocycles. The zero-order chi connectivity index (χ0) is 13.5. The molecule has 1 aromatic carbocycles. The minimum Gasteiger partial charge on any atom is -0.496 e. The number of ether oxygens (including phenoxy) is 2. The summed E-state index contributed by atoms with van der Waals surface area (Å²) >= 11 is 0. The summed E-state index contributed by atoms with van der Waals surface area (Å²) in [5, 5.41) is 2.85. The van der Waals surface area contributed by atoms with Gasteiger partial charge in [0, 0.05) is 19.2 Å². The third-order valence-electron chi connectivity index (χ3n) is 2.76. The van der Waals surface area contributed by atoms with E-state index in [0.29, 0.717) is 0 Å². The molecular weight excluding hydrogens is 232 g/mol. The Balaban J connectivity index is 2.76. The number of amides is 1. The maximum Gasteiger partial charge on any atom is 0.250 e. The summed E-state index contributed by atoms with van der Waals surface area (Å²) in [6, 6.07) is 7.38. The van der Waals surface area contributed by atoms with Gasteiger partial charge in [0.25, 0.3) is 5.91 Å². The highest BCUT2D eigenvalue weighted by atomic mass is 16.5. The molecule has 0 saturated heterocycles. The van der Waals surface area contributed by atoms with Crippen molar-refractivity contribution in [2.24, 2.45) is 5.73 Å². The lowest BCUT2D eigenvalue weighted by molar-refractivity contribution is -0.131. The summed E-state index contributed by atoms with van der Waals surface area (Å²) < 4.78 is 10.2. The Morgan fingerprint density at radius 3 is 2.61 bits per heavy atom. The van der Waals surface area contributed by atoms with Crippen LogP contribution in [0.4, 0.5) is 0 Å². The van der Waals surface area contributed by atoms with Gasteiger partial charge in [-0.05, 0) is 13.0 Å². The standard InChI is InChI=1S/C13H20N2O3/c1-9(15-13(16)12(8-14)18-3)10-6-4-5-7-11(10)17-2/h4-7,9,12H,8,14H2,1-3H3,(H,15,16)/t9-,12?/m0/s1. The normalized spacial score (nSPS) is 13.8. The van der Waals surface area contributed by atoms with Gasteiger partial charge in [0.2, 0.25) is 0 Å². The number of nitrogens with one attached hydrogen (secondary N) is 1. The summed E-state index contributed by atoms with van der Waals surface area (Å²) in [7, 11) is 3.07. The molecule has 18 heavy (non-hydrogen) atoms. The van der Waals surface area contributed by atoms with Crippen LogP contribution in [0.1, 0.15) is 18.5 Å². The second kappa shape index (κ2) is 6.98. The van der Waals surface area contributed by atoms with E-state index in [0.717, 1.165) is 11.3 Å². The largest absolute Gasteiger partial charge is 0.496 e. The lowest BCUT2D eigenvalue weighted by Gasteiger charge is -2.20. The van der Waals surface area contributed by atoms with E-state index in [2.05, 4.69) is 5.32 Å². The number of rotatable bonds is 6. The first-order valence-electron chi connectivity index (χ1n) is 5.80. The van der Waals surface area contributed by atoms with E-state index in [9.17, 15) is 4.79 Å². The van der Waals surface area contributed by atoms with Crippen molar-refractivity contribution < 1.29 is 14.3 Å². The molecule has 0 radical (unpaired) electrons. The molecule has 0 aliphatic rings. The van der Waals surface area contributed by atoms with Gasteiger partial charge in [0.1, 0.15) is 11.9 Å². The number of carbonyl (C=O) groups is 1. The van der Waals surface area contributed by atoms with Gasteiger partial charge in [-0.15, -0.1) is 0 Å². The van der Waals surface area contributed by atoms with E-state index in [-0.39, 0.29) is 18.5 Å². The van der Waals surface area contributed by atoms with Crippen molar-refractivity contribution in [2.45, 2.75) is 19.1 Å². The predicted octanol–water partition coefficient (Wildman–Crippen LogP) is 0.846. The van der Waals surface area contributed by atoms with Crippen LogP contribution in [0.15, 0.2) is 24.3 Å². The van der Waals surface area contributed by atoms with E-state index in [1.54, 1.807) is 7.11 Å². The SMILES string of the molecule is COc1ccccc1[C@H](C)NC(=O)C(CN)OC. The van der Waals surface area contributed by atoms with Gasteiger partial charge in [-0.2, -0.15) is 0 Å². The summed E-state index contributed by atoms with van der Waals surface area (Å²) in [5.74, 6) is 0.519. The Morgan fingerprint density at radius 1 is 1.39 bits per heavy atom. The van der Waals surface area contributed by atoms with Crippen LogP contribution in [0.3, 0.4) is 0 Å². The van der Waals surface area contributed by atoms with E-state index in [1.807, 2.05) is 31.2 Å². The molecule has 3 N–H and O–H groups in total. The maximum absolute atomic E-state index is 11.8. The first-order valence-corrected chi connectivity index (χ1v) is 5.80. The van der Waals surface area contributed by atoms with Gasteiger partial charge in [-0.1, -0.05) is 18.2 Å². The fraction of sp³-hybridized carbons (Fsp3) is 0.462. The fourth-order valence-corrected chi connectivity index (χ4v) is 1.72. The first kappa shape index (κ1) is 14.5. The van der Waals surface area contributed by atoms with Gasteiger partial charge in [0.05, 0.1) is 13.2 Å². The minimum absolute atomic E-state index is 0.154. The molecule has 2 atom stereocenters. The quantitative estimate of drug-likeness (QED) is 0.787. The monoisotopic (exact) mass is 252 g/mol. The highest BCUT2D eigenvalue weighted by Crippen LogP contribution is 2.24. The van der Waals surface area contributed by atoms with Crippen LogP contribution in [0.5, 0.6) is 5.75 Å². The highest BCUT2D eigenvalue weighted by Gasteiger charge is 2.19. The molecule has 0 heterocycles. The predicted molar refractivity (Wildman–Crippen MR) is 69.4 cm³/mol. The van der Waals surface area contributed by atoms with E-state index < -0.39 is 6.10 Å². The minimum atomic E-state index is -0.623. The lowest BCUT2D eigenvalue weighted by atomic mass is 10.1. The van der Waals surface area contributed by atoms with Crippen LogP contribution in [0, 0.1) is 0 Å². The molecule has 100 valence electrons.